The largest absolute Gasteiger partial charge is 0.361 e. The highest BCUT2D eigenvalue weighted by Crippen LogP contribution is 2.32. The second kappa shape index (κ2) is 7.94. The number of aryl methyl sites for hydroxylation is 1. The maximum atomic E-state index is 5.52. The molecule has 0 aliphatic carbocycles. The fraction of sp³-hybridized carbons (Fsp3) is 0.136. The van der Waals surface area contributed by atoms with Crippen molar-refractivity contribution in [3.63, 3.8) is 0 Å². The summed E-state index contributed by atoms with van der Waals surface area (Å²) >= 11 is 7.29. The monoisotopic (exact) mass is 391 g/mol. The molecule has 27 heavy (non-hydrogen) atoms. The standard InChI is InChI=1S/C22H21N3S2/c1-15-8-10-16(11-9-15)25-22(26)24-14-19(21-7-4-12-27-21)18-13-23-20-6-3-2-5-17(18)20/h2-13,19,23H,14H2,1H3,(H2,24,25,26)/t19-/m0/s1. The zero-order chi connectivity index (χ0) is 18.6. The van der Waals surface area contributed by atoms with Gasteiger partial charge in [0, 0.05) is 40.1 Å². The number of fused-ring (bicyclic) bond motifs is 1. The zero-order valence-electron chi connectivity index (χ0n) is 15.0. The topological polar surface area (TPSA) is 39.8 Å². The zero-order valence-corrected chi connectivity index (χ0v) is 16.7. The molecular weight excluding hydrogens is 370 g/mol. The van der Waals surface area contributed by atoms with Crippen LogP contribution in [-0.2, 0) is 0 Å². The lowest BCUT2D eigenvalue weighted by Crippen LogP contribution is -2.32. The Labute approximate surface area is 168 Å². The minimum absolute atomic E-state index is 0.235. The maximum Gasteiger partial charge on any atom is 0.170 e. The molecule has 0 saturated carbocycles. The fourth-order valence-corrected chi connectivity index (χ4v) is 4.29. The average Bonchev–Trinajstić information content (AvgIpc) is 3.35. The Hall–Kier alpha value is -2.63. The van der Waals surface area contributed by atoms with Gasteiger partial charge in [-0.1, -0.05) is 42.0 Å². The number of hydrogen-bond donors (Lipinski definition) is 3. The first-order chi connectivity index (χ1) is 13.2. The van der Waals surface area contributed by atoms with Gasteiger partial charge in [0.15, 0.2) is 5.11 Å². The SMILES string of the molecule is Cc1ccc(NC(=S)NC[C@H](c2cccs2)c2c[nH]c3ccccc23)cc1. The first-order valence-electron chi connectivity index (χ1n) is 8.91. The van der Waals surface area contributed by atoms with Crippen LogP contribution in [0.1, 0.15) is 21.9 Å². The van der Waals surface area contributed by atoms with Crippen LogP contribution in [0.4, 0.5) is 5.69 Å². The highest BCUT2D eigenvalue weighted by Gasteiger charge is 2.19. The minimum Gasteiger partial charge on any atom is -0.361 e. The highest BCUT2D eigenvalue weighted by molar-refractivity contribution is 7.80. The van der Waals surface area contributed by atoms with Crippen molar-refractivity contribution in [2.75, 3.05) is 11.9 Å². The minimum atomic E-state index is 0.235. The van der Waals surface area contributed by atoms with Crippen LogP contribution in [0.25, 0.3) is 10.9 Å². The van der Waals surface area contributed by atoms with Crippen LogP contribution in [0.3, 0.4) is 0 Å². The van der Waals surface area contributed by atoms with Crippen LogP contribution in [0.5, 0.6) is 0 Å². The lowest BCUT2D eigenvalue weighted by Gasteiger charge is -2.18. The van der Waals surface area contributed by atoms with E-state index in [-0.39, 0.29) is 5.92 Å². The van der Waals surface area contributed by atoms with Crippen molar-refractivity contribution in [1.82, 2.24) is 10.3 Å². The van der Waals surface area contributed by atoms with Gasteiger partial charge >= 0.3 is 0 Å². The van der Waals surface area contributed by atoms with Gasteiger partial charge in [0.1, 0.15) is 0 Å². The number of nitrogens with one attached hydrogen (secondary N) is 3. The van der Waals surface area contributed by atoms with E-state index in [9.17, 15) is 0 Å². The molecule has 0 bridgehead atoms. The number of H-pyrrole nitrogens is 1. The molecule has 0 aliphatic heterocycles. The number of para-hydroxylation sites is 1. The maximum absolute atomic E-state index is 5.52. The van der Waals surface area contributed by atoms with Crippen molar-refractivity contribution < 1.29 is 0 Å². The summed E-state index contributed by atoms with van der Waals surface area (Å²) in [5.41, 5.74) is 4.68. The molecule has 3 N–H and O–H groups in total. The molecule has 2 aromatic heterocycles. The van der Waals surface area contributed by atoms with Gasteiger partial charge in [-0.25, -0.2) is 0 Å². The first kappa shape index (κ1) is 17.8. The summed E-state index contributed by atoms with van der Waals surface area (Å²) in [7, 11) is 0. The van der Waals surface area contributed by atoms with Crippen molar-refractivity contribution in [1.29, 1.82) is 0 Å². The van der Waals surface area contributed by atoms with Crippen LogP contribution in [0.2, 0.25) is 0 Å². The number of thiocarbonyl (C=S) groups is 1. The number of thiophene rings is 1. The molecule has 0 unspecified atom stereocenters. The van der Waals surface area contributed by atoms with Gasteiger partial charge in [-0.05, 0) is 54.4 Å². The quantitative estimate of drug-likeness (QED) is 0.385. The van der Waals surface area contributed by atoms with E-state index < -0.39 is 0 Å². The lowest BCUT2D eigenvalue weighted by atomic mass is 9.97. The molecule has 1 atom stereocenters. The number of benzene rings is 2. The number of rotatable bonds is 5. The summed E-state index contributed by atoms with van der Waals surface area (Å²) in [6, 6.07) is 21.0. The summed E-state index contributed by atoms with van der Waals surface area (Å²) in [6.07, 6.45) is 2.12. The van der Waals surface area contributed by atoms with Crippen molar-refractivity contribution in [2.45, 2.75) is 12.8 Å². The van der Waals surface area contributed by atoms with E-state index in [1.807, 2.05) is 12.1 Å². The summed E-state index contributed by atoms with van der Waals surface area (Å²) < 4.78 is 0. The Morgan fingerprint density at radius 2 is 1.89 bits per heavy atom. The number of aromatic nitrogens is 1. The molecular formula is C22H21N3S2. The van der Waals surface area contributed by atoms with Crippen molar-refractivity contribution in [3.8, 4) is 0 Å². The Kier molecular flexibility index (Phi) is 5.23. The van der Waals surface area contributed by atoms with E-state index in [1.165, 1.54) is 21.4 Å². The van der Waals surface area contributed by atoms with Gasteiger partial charge in [-0.15, -0.1) is 11.3 Å². The van der Waals surface area contributed by atoms with Crippen LogP contribution >= 0.6 is 23.6 Å². The molecule has 136 valence electrons. The van der Waals surface area contributed by atoms with Gasteiger partial charge in [0.25, 0.3) is 0 Å². The van der Waals surface area contributed by atoms with Gasteiger partial charge in [0.2, 0.25) is 0 Å². The van der Waals surface area contributed by atoms with Crippen LogP contribution in [-0.4, -0.2) is 16.6 Å². The van der Waals surface area contributed by atoms with E-state index in [4.69, 9.17) is 12.2 Å². The Balaban J connectivity index is 1.52. The Morgan fingerprint density at radius 3 is 2.67 bits per heavy atom. The van der Waals surface area contributed by atoms with E-state index in [0.717, 1.165) is 17.7 Å². The molecule has 2 aromatic carbocycles. The summed E-state index contributed by atoms with van der Waals surface area (Å²) in [4.78, 5) is 4.72. The molecule has 0 spiro atoms. The van der Waals surface area contributed by atoms with Crippen LogP contribution < -0.4 is 10.6 Å². The molecule has 5 heteroatoms. The summed E-state index contributed by atoms with van der Waals surface area (Å²) in [5, 5.41) is 10.7. The highest BCUT2D eigenvalue weighted by atomic mass is 32.1. The van der Waals surface area contributed by atoms with Crippen molar-refractivity contribution in [3.05, 3.63) is 88.2 Å². The molecule has 0 radical (unpaired) electrons. The Morgan fingerprint density at radius 1 is 1.07 bits per heavy atom. The number of aromatic amines is 1. The van der Waals surface area contributed by atoms with E-state index >= 15 is 0 Å². The second-order valence-corrected chi connectivity index (χ2v) is 7.95. The smallest absolute Gasteiger partial charge is 0.170 e. The first-order valence-corrected chi connectivity index (χ1v) is 10.2. The van der Waals surface area contributed by atoms with Gasteiger partial charge in [0.05, 0.1) is 0 Å². The lowest BCUT2D eigenvalue weighted by molar-refractivity contribution is 0.778. The van der Waals surface area contributed by atoms with E-state index in [0.29, 0.717) is 5.11 Å². The molecule has 0 saturated heterocycles. The third kappa shape index (κ3) is 4.04. The van der Waals surface area contributed by atoms with Gasteiger partial charge in [-0.2, -0.15) is 0 Å². The third-order valence-electron chi connectivity index (χ3n) is 4.66. The number of anilines is 1. The average molecular weight is 392 g/mol. The molecule has 3 nitrogen and oxygen atoms in total. The second-order valence-electron chi connectivity index (χ2n) is 6.56. The summed E-state index contributed by atoms with van der Waals surface area (Å²) in [5.74, 6) is 0.235. The predicted molar refractivity (Wildman–Crippen MR) is 120 cm³/mol. The molecule has 4 rings (SSSR count). The van der Waals surface area contributed by atoms with Gasteiger partial charge in [-0.3, -0.25) is 0 Å². The van der Waals surface area contributed by atoms with Gasteiger partial charge < -0.3 is 15.6 Å². The van der Waals surface area contributed by atoms with E-state index in [2.05, 4.69) is 82.6 Å². The summed E-state index contributed by atoms with van der Waals surface area (Å²) in [6.45, 7) is 2.81. The predicted octanol–water partition coefficient (Wildman–Crippen LogP) is 5.66. The molecule has 0 aliphatic rings. The number of hydrogen-bond acceptors (Lipinski definition) is 2. The van der Waals surface area contributed by atoms with Crippen molar-refractivity contribution >= 4 is 45.3 Å². The van der Waals surface area contributed by atoms with Crippen molar-refractivity contribution in [2.24, 2.45) is 0 Å². The van der Waals surface area contributed by atoms with E-state index in [1.54, 1.807) is 11.3 Å². The fourth-order valence-electron chi connectivity index (χ4n) is 3.24. The van der Waals surface area contributed by atoms with Crippen LogP contribution in [0.15, 0.2) is 72.2 Å². The third-order valence-corrected chi connectivity index (χ3v) is 5.89. The Bertz CT molecular complexity index is 1030. The normalized spacial score (nSPS) is 12.0. The molecule has 0 amide bonds. The molecule has 0 fully saturated rings. The molecule has 2 heterocycles. The van der Waals surface area contributed by atoms with Crippen LogP contribution in [0, 0.1) is 6.92 Å². The molecule has 4 aromatic rings.